The van der Waals surface area contributed by atoms with Gasteiger partial charge in [-0.15, -0.1) is 0 Å². The Morgan fingerprint density at radius 2 is 1.85 bits per heavy atom. The summed E-state index contributed by atoms with van der Waals surface area (Å²) in [5, 5.41) is 3.59. The largest absolute Gasteiger partial charge is 0.365 e. The maximum atomic E-state index is 3.59. The molecule has 0 aliphatic carbocycles. The van der Waals surface area contributed by atoms with Crippen LogP contribution in [0.4, 0.5) is 5.69 Å². The fraction of sp³-hybridized carbons (Fsp3) is 0.333. The van der Waals surface area contributed by atoms with Crippen LogP contribution >= 0.6 is 0 Å². The van der Waals surface area contributed by atoms with Crippen LogP contribution in [-0.4, -0.2) is 12.6 Å². The minimum Gasteiger partial charge on any atom is -0.365 e. The van der Waals surface area contributed by atoms with Crippen LogP contribution in [0, 0.1) is 6.92 Å². The Bertz CT molecular complexity index is 591. The van der Waals surface area contributed by atoms with Crippen LogP contribution in [-0.2, 0) is 13.1 Å². The Balaban J connectivity index is 1.93. The highest BCUT2D eigenvalue weighted by Gasteiger charge is 2.18. The van der Waals surface area contributed by atoms with E-state index in [-0.39, 0.29) is 0 Å². The highest BCUT2D eigenvalue weighted by molar-refractivity contribution is 5.55. The average Bonchev–Trinajstić information content (AvgIpc) is 2.62. The quantitative estimate of drug-likeness (QED) is 0.895. The van der Waals surface area contributed by atoms with Gasteiger partial charge >= 0.3 is 0 Å². The molecule has 2 heteroatoms. The number of rotatable bonds is 2. The molecule has 0 bridgehead atoms. The monoisotopic (exact) mass is 266 g/mol. The number of benzene rings is 2. The van der Waals surface area contributed by atoms with E-state index in [2.05, 4.69) is 72.6 Å². The predicted octanol–water partition coefficient (Wildman–Crippen LogP) is 3.49. The molecule has 1 N–H and O–H groups in total. The first-order valence-electron chi connectivity index (χ1n) is 7.35. The standard InChI is InChI=1S/C18H22N2/c1-14-7-3-4-9-17(14)13-20-12-15(2)19-11-16-8-5-6-10-18(16)20/h3-10,15,19H,11-13H2,1-2H3. The summed E-state index contributed by atoms with van der Waals surface area (Å²) in [6, 6.07) is 17.9. The summed E-state index contributed by atoms with van der Waals surface area (Å²) < 4.78 is 0. The molecule has 1 aliphatic heterocycles. The van der Waals surface area contributed by atoms with E-state index < -0.39 is 0 Å². The molecule has 1 atom stereocenters. The van der Waals surface area contributed by atoms with Gasteiger partial charge in [-0.1, -0.05) is 42.5 Å². The van der Waals surface area contributed by atoms with E-state index in [0.717, 1.165) is 19.6 Å². The third-order valence-electron chi connectivity index (χ3n) is 4.09. The minimum absolute atomic E-state index is 0.506. The van der Waals surface area contributed by atoms with Crippen molar-refractivity contribution in [2.45, 2.75) is 33.0 Å². The molecular weight excluding hydrogens is 244 g/mol. The molecule has 0 spiro atoms. The minimum atomic E-state index is 0.506. The lowest BCUT2D eigenvalue weighted by molar-refractivity contribution is 0.552. The van der Waals surface area contributed by atoms with E-state index in [1.54, 1.807) is 0 Å². The lowest BCUT2D eigenvalue weighted by Gasteiger charge is -2.27. The van der Waals surface area contributed by atoms with E-state index >= 15 is 0 Å². The molecule has 1 unspecified atom stereocenters. The van der Waals surface area contributed by atoms with Gasteiger partial charge in [-0.25, -0.2) is 0 Å². The summed E-state index contributed by atoms with van der Waals surface area (Å²) >= 11 is 0. The molecule has 0 saturated heterocycles. The van der Waals surface area contributed by atoms with Gasteiger partial charge in [0.05, 0.1) is 0 Å². The molecule has 2 nitrogen and oxygen atoms in total. The maximum absolute atomic E-state index is 3.59. The summed E-state index contributed by atoms with van der Waals surface area (Å²) in [6.45, 7) is 7.44. The first-order valence-corrected chi connectivity index (χ1v) is 7.35. The molecule has 2 aromatic rings. The normalized spacial score (nSPS) is 18.5. The molecule has 1 heterocycles. The van der Waals surface area contributed by atoms with Gasteiger partial charge < -0.3 is 10.2 Å². The van der Waals surface area contributed by atoms with Crippen LogP contribution in [0.1, 0.15) is 23.6 Å². The van der Waals surface area contributed by atoms with Gasteiger partial charge in [-0.05, 0) is 36.6 Å². The van der Waals surface area contributed by atoms with Crippen molar-refractivity contribution in [1.29, 1.82) is 0 Å². The molecule has 104 valence electrons. The lowest BCUT2D eigenvalue weighted by Crippen LogP contribution is -2.35. The van der Waals surface area contributed by atoms with Crippen LogP contribution < -0.4 is 10.2 Å². The highest BCUT2D eigenvalue weighted by Crippen LogP contribution is 2.25. The number of hydrogen-bond donors (Lipinski definition) is 1. The zero-order valence-corrected chi connectivity index (χ0v) is 12.3. The van der Waals surface area contributed by atoms with Crippen LogP contribution in [0.2, 0.25) is 0 Å². The Morgan fingerprint density at radius 1 is 1.10 bits per heavy atom. The average molecular weight is 266 g/mol. The second-order valence-electron chi connectivity index (χ2n) is 5.72. The van der Waals surface area contributed by atoms with Crippen LogP contribution in [0.5, 0.6) is 0 Å². The highest BCUT2D eigenvalue weighted by atomic mass is 15.2. The van der Waals surface area contributed by atoms with E-state index in [4.69, 9.17) is 0 Å². The van der Waals surface area contributed by atoms with Crippen molar-refractivity contribution < 1.29 is 0 Å². The van der Waals surface area contributed by atoms with Crippen LogP contribution in [0.25, 0.3) is 0 Å². The molecule has 0 aromatic heterocycles. The van der Waals surface area contributed by atoms with E-state index in [9.17, 15) is 0 Å². The smallest absolute Gasteiger partial charge is 0.0432 e. The molecule has 1 aliphatic rings. The molecule has 0 amide bonds. The van der Waals surface area contributed by atoms with Gasteiger partial charge in [0.25, 0.3) is 0 Å². The number of fused-ring (bicyclic) bond motifs is 1. The van der Waals surface area contributed by atoms with Crippen molar-refractivity contribution in [2.75, 3.05) is 11.4 Å². The molecular formula is C18H22N2. The summed E-state index contributed by atoms with van der Waals surface area (Å²) in [5.41, 5.74) is 5.55. The topological polar surface area (TPSA) is 15.3 Å². The number of nitrogens with zero attached hydrogens (tertiary/aromatic N) is 1. The van der Waals surface area contributed by atoms with Gasteiger partial charge in [0.15, 0.2) is 0 Å². The summed E-state index contributed by atoms with van der Waals surface area (Å²) in [6.07, 6.45) is 0. The number of hydrogen-bond acceptors (Lipinski definition) is 2. The summed E-state index contributed by atoms with van der Waals surface area (Å²) in [4.78, 5) is 2.50. The zero-order chi connectivity index (χ0) is 13.9. The van der Waals surface area contributed by atoms with Gasteiger partial charge in [-0.2, -0.15) is 0 Å². The molecule has 2 aromatic carbocycles. The van der Waals surface area contributed by atoms with E-state index in [1.165, 1.54) is 22.4 Å². The second kappa shape index (κ2) is 5.68. The molecule has 3 rings (SSSR count). The summed E-state index contributed by atoms with van der Waals surface area (Å²) in [7, 11) is 0. The van der Waals surface area contributed by atoms with Crippen molar-refractivity contribution in [2.24, 2.45) is 0 Å². The van der Waals surface area contributed by atoms with E-state index in [1.807, 2.05) is 0 Å². The Hall–Kier alpha value is -1.80. The van der Waals surface area contributed by atoms with Crippen molar-refractivity contribution >= 4 is 5.69 Å². The lowest BCUT2D eigenvalue weighted by atomic mass is 10.1. The second-order valence-corrected chi connectivity index (χ2v) is 5.72. The van der Waals surface area contributed by atoms with E-state index in [0.29, 0.717) is 6.04 Å². The van der Waals surface area contributed by atoms with Crippen LogP contribution in [0.15, 0.2) is 48.5 Å². The number of para-hydroxylation sites is 1. The van der Waals surface area contributed by atoms with Crippen molar-refractivity contribution in [3.63, 3.8) is 0 Å². The first kappa shape index (κ1) is 13.2. The Kier molecular flexibility index (Phi) is 3.75. The third-order valence-corrected chi connectivity index (χ3v) is 4.09. The third kappa shape index (κ3) is 2.70. The fourth-order valence-electron chi connectivity index (χ4n) is 2.89. The van der Waals surface area contributed by atoms with Crippen molar-refractivity contribution in [3.8, 4) is 0 Å². The summed E-state index contributed by atoms with van der Waals surface area (Å²) in [5.74, 6) is 0. The van der Waals surface area contributed by atoms with Gasteiger partial charge in [0.2, 0.25) is 0 Å². The fourth-order valence-corrected chi connectivity index (χ4v) is 2.89. The number of nitrogens with one attached hydrogen (secondary N) is 1. The van der Waals surface area contributed by atoms with Crippen molar-refractivity contribution in [1.82, 2.24) is 5.32 Å². The Morgan fingerprint density at radius 3 is 2.70 bits per heavy atom. The number of anilines is 1. The first-order chi connectivity index (χ1) is 9.74. The van der Waals surface area contributed by atoms with Crippen LogP contribution in [0.3, 0.4) is 0 Å². The van der Waals surface area contributed by atoms with Gasteiger partial charge in [0.1, 0.15) is 0 Å². The van der Waals surface area contributed by atoms with Gasteiger partial charge in [0, 0.05) is 31.4 Å². The molecule has 20 heavy (non-hydrogen) atoms. The Labute approximate surface area is 121 Å². The maximum Gasteiger partial charge on any atom is 0.0432 e. The predicted molar refractivity (Wildman–Crippen MR) is 85.0 cm³/mol. The zero-order valence-electron chi connectivity index (χ0n) is 12.3. The molecule has 0 fully saturated rings. The molecule has 0 radical (unpaired) electrons. The van der Waals surface area contributed by atoms with Crippen molar-refractivity contribution in [3.05, 3.63) is 65.2 Å². The SMILES string of the molecule is Cc1ccccc1CN1CC(C)NCc2ccccc21. The molecule has 0 saturated carbocycles. The van der Waals surface area contributed by atoms with Gasteiger partial charge in [-0.3, -0.25) is 0 Å². The number of aryl methyl sites for hydroxylation is 1.